The molecule has 118 valence electrons. The molecule has 1 saturated carbocycles. The first-order chi connectivity index (χ1) is 10.5. The molecule has 0 spiro atoms. The molecule has 0 aromatic heterocycles. The van der Waals surface area contributed by atoms with Crippen LogP contribution in [0, 0.1) is 5.92 Å². The van der Waals surface area contributed by atoms with Gasteiger partial charge in [-0.25, -0.2) is 0 Å². The van der Waals surface area contributed by atoms with Gasteiger partial charge in [-0.1, -0.05) is 13.0 Å². The summed E-state index contributed by atoms with van der Waals surface area (Å²) in [7, 11) is 0. The van der Waals surface area contributed by atoms with Crippen molar-refractivity contribution in [3.63, 3.8) is 0 Å². The van der Waals surface area contributed by atoms with Crippen LogP contribution >= 0.6 is 0 Å². The van der Waals surface area contributed by atoms with Gasteiger partial charge in [0.2, 0.25) is 5.91 Å². The maximum Gasteiger partial charge on any atom is 0.268 e. The number of amides is 2. The highest BCUT2D eigenvalue weighted by atomic mass is 16.5. The topological polar surface area (TPSA) is 98.7 Å². The van der Waals surface area contributed by atoms with E-state index in [1.807, 2.05) is 25.1 Å². The number of carbonyl (C=O) groups excluding carboxylic acids is 2. The molecule has 6 nitrogen and oxygen atoms in total. The van der Waals surface area contributed by atoms with Gasteiger partial charge in [0.25, 0.3) is 5.91 Å². The molecule has 1 heterocycles. The summed E-state index contributed by atoms with van der Waals surface area (Å²) in [5.41, 5.74) is 13.1. The minimum atomic E-state index is -0.574. The molecule has 6 heteroatoms. The molecule has 2 amide bonds. The van der Waals surface area contributed by atoms with Crippen LogP contribution in [0.1, 0.15) is 37.8 Å². The Morgan fingerprint density at radius 1 is 1.45 bits per heavy atom. The van der Waals surface area contributed by atoms with Crippen molar-refractivity contribution >= 4 is 17.5 Å². The van der Waals surface area contributed by atoms with E-state index in [1.54, 1.807) is 0 Å². The Labute approximate surface area is 129 Å². The van der Waals surface area contributed by atoms with Gasteiger partial charge in [0.15, 0.2) is 6.10 Å². The first kappa shape index (κ1) is 14.8. The molecule has 0 radical (unpaired) electrons. The van der Waals surface area contributed by atoms with E-state index in [0.717, 1.165) is 18.4 Å². The summed E-state index contributed by atoms with van der Waals surface area (Å²) in [6.45, 7) is 1.72. The Bertz CT molecular complexity index is 613. The second-order valence-corrected chi connectivity index (χ2v) is 6.00. The molecule has 2 aliphatic rings. The number of nitrogens with two attached hydrogens (primary N) is 2. The molecule has 0 saturated heterocycles. The Balaban J connectivity index is 1.98. The fourth-order valence-corrected chi connectivity index (χ4v) is 2.85. The molecule has 2 atom stereocenters. The Hall–Kier alpha value is -2.08. The Kier molecular flexibility index (Phi) is 3.78. The Morgan fingerprint density at radius 3 is 2.77 bits per heavy atom. The van der Waals surface area contributed by atoms with Gasteiger partial charge in [0.05, 0.1) is 5.69 Å². The highest BCUT2D eigenvalue weighted by Gasteiger charge is 2.35. The minimum Gasteiger partial charge on any atom is -0.478 e. The maximum absolute atomic E-state index is 12.4. The van der Waals surface area contributed by atoms with E-state index in [4.69, 9.17) is 16.2 Å². The molecule has 1 aromatic carbocycles. The van der Waals surface area contributed by atoms with Gasteiger partial charge in [0.1, 0.15) is 12.3 Å². The zero-order valence-corrected chi connectivity index (χ0v) is 12.6. The first-order valence-corrected chi connectivity index (χ1v) is 7.67. The molecule has 1 aromatic rings. The quantitative estimate of drug-likeness (QED) is 0.850. The number of rotatable bonds is 5. The average molecular weight is 303 g/mol. The van der Waals surface area contributed by atoms with Gasteiger partial charge in [-0.2, -0.15) is 0 Å². The third-order valence-corrected chi connectivity index (χ3v) is 4.28. The zero-order valence-electron chi connectivity index (χ0n) is 12.6. The van der Waals surface area contributed by atoms with Crippen LogP contribution in [0.4, 0.5) is 5.69 Å². The summed E-state index contributed by atoms with van der Waals surface area (Å²) in [6, 6.07) is 5.58. The predicted octanol–water partition coefficient (Wildman–Crippen LogP) is 1.09. The number of nitrogens with zero attached hydrogens (tertiary/aromatic N) is 1. The third kappa shape index (κ3) is 2.66. The number of hydrogen-bond donors (Lipinski definition) is 2. The first-order valence-electron chi connectivity index (χ1n) is 7.67. The van der Waals surface area contributed by atoms with Gasteiger partial charge in [-0.15, -0.1) is 0 Å². The fourth-order valence-electron chi connectivity index (χ4n) is 2.85. The van der Waals surface area contributed by atoms with E-state index >= 15 is 0 Å². The van der Waals surface area contributed by atoms with Crippen molar-refractivity contribution < 1.29 is 14.3 Å². The lowest BCUT2D eigenvalue weighted by molar-refractivity contribution is -0.128. The summed E-state index contributed by atoms with van der Waals surface area (Å²) in [4.78, 5) is 25.2. The maximum atomic E-state index is 12.4. The summed E-state index contributed by atoms with van der Waals surface area (Å²) in [6.07, 6.45) is 2.24. The van der Waals surface area contributed by atoms with Crippen LogP contribution in [-0.2, 0) is 9.59 Å². The Morgan fingerprint density at radius 2 is 2.18 bits per heavy atom. The number of hydrogen-bond acceptors (Lipinski definition) is 4. The SMILES string of the molecule is CCC1Oc2ccc(C(N)C3CC3)cc2N(CC(N)=O)C1=O. The fraction of sp³-hybridized carbons (Fsp3) is 0.500. The van der Waals surface area contributed by atoms with Gasteiger partial charge < -0.3 is 16.2 Å². The van der Waals surface area contributed by atoms with E-state index in [2.05, 4.69) is 0 Å². The number of fused-ring (bicyclic) bond motifs is 1. The van der Waals surface area contributed by atoms with Crippen molar-refractivity contribution in [2.24, 2.45) is 17.4 Å². The second kappa shape index (κ2) is 5.61. The van der Waals surface area contributed by atoms with Crippen molar-refractivity contribution in [3.8, 4) is 5.75 Å². The molecule has 22 heavy (non-hydrogen) atoms. The number of primary amides is 1. The molecular formula is C16H21N3O3. The summed E-state index contributed by atoms with van der Waals surface area (Å²) < 4.78 is 5.73. The smallest absolute Gasteiger partial charge is 0.268 e. The van der Waals surface area contributed by atoms with Crippen molar-refractivity contribution in [2.75, 3.05) is 11.4 Å². The lowest BCUT2D eigenvalue weighted by atomic mass is 10.0. The third-order valence-electron chi connectivity index (χ3n) is 4.28. The highest BCUT2D eigenvalue weighted by Crippen LogP contribution is 2.42. The van der Waals surface area contributed by atoms with Crippen LogP contribution in [0.5, 0.6) is 5.75 Å². The zero-order chi connectivity index (χ0) is 15.9. The van der Waals surface area contributed by atoms with Crippen LogP contribution < -0.4 is 21.1 Å². The van der Waals surface area contributed by atoms with Crippen LogP contribution in [0.2, 0.25) is 0 Å². The molecule has 0 bridgehead atoms. The van der Waals surface area contributed by atoms with Crippen molar-refractivity contribution in [2.45, 2.75) is 38.3 Å². The highest BCUT2D eigenvalue weighted by molar-refractivity contribution is 6.03. The van der Waals surface area contributed by atoms with E-state index < -0.39 is 12.0 Å². The standard InChI is InChI=1S/C16H21N3O3/c1-2-12-16(21)19(8-14(17)20)11-7-10(5-6-13(11)22-12)15(18)9-3-4-9/h5-7,9,12,15H,2-4,8,18H2,1H3,(H2,17,20). The van der Waals surface area contributed by atoms with E-state index in [1.165, 1.54) is 4.90 Å². The largest absolute Gasteiger partial charge is 0.478 e. The normalized spacial score (nSPS) is 22.0. The van der Waals surface area contributed by atoms with Crippen LogP contribution in [0.3, 0.4) is 0 Å². The van der Waals surface area contributed by atoms with Crippen LogP contribution in [0.15, 0.2) is 18.2 Å². The van der Waals surface area contributed by atoms with Crippen molar-refractivity contribution in [3.05, 3.63) is 23.8 Å². The molecule has 1 fully saturated rings. The number of carbonyl (C=O) groups is 2. The second-order valence-electron chi connectivity index (χ2n) is 6.00. The lowest BCUT2D eigenvalue weighted by Crippen LogP contribution is -2.48. The summed E-state index contributed by atoms with van der Waals surface area (Å²) >= 11 is 0. The molecule has 1 aliphatic carbocycles. The number of ether oxygens (including phenoxy) is 1. The monoisotopic (exact) mass is 303 g/mol. The molecule has 3 rings (SSSR count). The predicted molar refractivity (Wildman–Crippen MR) is 82.3 cm³/mol. The van der Waals surface area contributed by atoms with Gasteiger partial charge in [-0.05, 0) is 42.9 Å². The number of benzene rings is 1. The van der Waals surface area contributed by atoms with Crippen LogP contribution in [0.25, 0.3) is 0 Å². The molecule has 2 unspecified atom stereocenters. The van der Waals surface area contributed by atoms with E-state index in [-0.39, 0.29) is 18.5 Å². The average Bonchev–Trinajstić information content (AvgIpc) is 3.33. The molecular weight excluding hydrogens is 282 g/mol. The van der Waals surface area contributed by atoms with E-state index in [0.29, 0.717) is 23.8 Å². The van der Waals surface area contributed by atoms with Crippen molar-refractivity contribution in [1.82, 2.24) is 0 Å². The lowest BCUT2D eigenvalue weighted by Gasteiger charge is -2.34. The molecule has 4 N–H and O–H groups in total. The van der Waals surface area contributed by atoms with E-state index in [9.17, 15) is 9.59 Å². The van der Waals surface area contributed by atoms with Gasteiger partial charge in [0, 0.05) is 6.04 Å². The van der Waals surface area contributed by atoms with Gasteiger partial charge in [-0.3, -0.25) is 14.5 Å². The minimum absolute atomic E-state index is 0.0419. The number of anilines is 1. The summed E-state index contributed by atoms with van der Waals surface area (Å²) in [5, 5.41) is 0. The summed E-state index contributed by atoms with van der Waals surface area (Å²) in [5.74, 6) is 0.324. The van der Waals surface area contributed by atoms with Gasteiger partial charge >= 0.3 is 0 Å². The van der Waals surface area contributed by atoms with Crippen molar-refractivity contribution in [1.29, 1.82) is 0 Å². The molecule has 1 aliphatic heterocycles. The van der Waals surface area contributed by atoms with Crippen LogP contribution in [-0.4, -0.2) is 24.5 Å².